The topological polar surface area (TPSA) is 30.7 Å². The van der Waals surface area contributed by atoms with Gasteiger partial charge < -0.3 is 4.57 Å². The highest BCUT2D eigenvalue weighted by molar-refractivity contribution is 6.28. The van der Waals surface area contributed by atoms with Gasteiger partial charge in [-0.1, -0.05) is 20.3 Å². The third kappa shape index (κ3) is 1.92. The molecule has 2 rings (SSSR count). The first-order valence-corrected chi connectivity index (χ1v) is 5.51. The summed E-state index contributed by atoms with van der Waals surface area (Å²) < 4.78 is 2.00. The molecule has 0 aliphatic heterocycles. The summed E-state index contributed by atoms with van der Waals surface area (Å²) in [6.07, 6.45) is 6.69. The van der Waals surface area contributed by atoms with Crippen LogP contribution in [0.15, 0.2) is 6.33 Å². The number of rotatable bonds is 1. The van der Waals surface area contributed by atoms with Crippen molar-refractivity contribution in [2.45, 2.75) is 45.6 Å². The fraction of sp³-hybridized carbons (Fsp3) is 0.800. The summed E-state index contributed by atoms with van der Waals surface area (Å²) in [5.74, 6) is 0. The molecule has 1 aromatic heterocycles. The average molecular weight is 214 g/mol. The zero-order valence-electron chi connectivity index (χ0n) is 8.70. The van der Waals surface area contributed by atoms with E-state index in [1.807, 2.05) is 4.57 Å². The Morgan fingerprint density at radius 1 is 1.57 bits per heavy atom. The van der Waals surface area contributed by atoms with Crippen molar-refractivity contribution in [2.75, 3.05) is 0 Å². The maximum atomic E-state index is 5.96. The molecule has 78 valence electrons. The van der Waals surface area contributed by atoms with E-state index in [1.54, 1.807) is 6.33 Å². The van der Waals surface area contributed by atoms with Gasteiger partial charge in [0.05, 0.1) is 0 Å². The Labute approximate surface area is 89.5 Å². The lowest BCUT2D eigenvalue weighted by Gasteiger charge is -2.35. The van der Waals surface area contributed by atoms with E-state index in [0.717, 1.165) is 0 Å². The summed E-state index contributed by atoms with van der Waals surface area (Å²) in [6.45, 7) is 4.63. The van der Waals surface area contributed by atoms with Crippen LogP contribution in [0.2, 0.25) is 5.28 Å². The second-order valence-corrected chi connectivity index (χ2v) is 5.26. The fourth-order valence-corrected chi connectivity index (χ4v) is 2.59. The number of hydrogen-bond donors (Lipinski definition) is 0. The molecule has 1 atom stereocenters. The summed E-state index contributed by atoms with van der Waals surface area (Å²) in [7, 11) is 0. The van der Waals surface area contributed by atoms with Crippen molar-refractivity contribution in [3.8, 4) is 0 Å². The molecule has 1 unspecified atom stereocenters. The van der Waals surface area contributed by atoms with Crippen LogP contribution in [0.3, 0.4) is 0 Å². The van der Waals surface area contributed by atoms with Crippen molar-refractivity contribution in [3.63, 3.8) is 0 Å². The molecule has 1 fully saturated rings. The van der Waals surface area contributed by atoms with Crippen LogP contribution in [0.4, 0.5) is 0 Å². The van der Waals surface area contributed by atoms with Gasteiger partial charge in [0.2, 0.25) is 5.28 Å². The Morgan fingerprint density at radius 2 is 2.36 bits per heavy atom. The molecule has 3 nitrogen and oxygen atoms in total. The van der Waals surface area contributed by atoms with Gasteiger partial charge in [0.1, 0.15) is 6.33 Å². The van der Waals surface area contributed by atoms with Crippen molar-refractivity contribution in [2.24, 2.45) is 5.41 Å². The predicted octanol–water partition coefficient (Wildman–Crippen LogP) is 3.07. The first kappa shape index (κ1) is 9.97. The molecule has 0 N–H and O–H groups in total. The van der Waals surface area contributed by atoms with E-state index in [2.05, 4.69) is 24.0 Å². The van der Waals surface area contributed by atoms with Gasteiger partial charge >= 0.3 is 0 Å². The standard InChI is InChI=1S/C10H16ClN3/c1-10(2)5-3-4-8(6-10)14-7-12-13-9(14)11/h7-8H,3-6H2,1-2H3. The summed E-state index contributed by atoms with van der Waals surface area (Å²) in [6, 6.07) is 0.487. The largest absolute Gasteiger partial charge is 0.301 e. The number of halogens is 1. The molecular weight excluding hydrogens is 198 g/mol. The molecule has 1 saturated carbocycles. The van der Waals surface area contributed by atoms with Crippen molar-refractivity contribution in [3.05, 3.63) is 11.6 Å². The molecule has 0 saturated heterocycles. The van der Waals surface area contributed by atoms with Crippen molar-refractivity contribution in [1.82, 2.24) is 14.8 Å². The second kappa shape index (κ2) is 3.54. The summed E-state index contributed by atoms with van der Waals surface area (Å²) >= 11 is 5.96. The van der Waals surface area contributed by atoms with E-state index in [4.69, 9.17) is 11.6 Å². The van der Waals surface area contributed by atoms with Crippen LogP contribution in [-0.4, -0.2) is 14.8 Å². The zero-order valence-corrected chi connectivity index (χ0v) is 9.46. The van der Waals surface area contributed by atoms with Gasteiger partial charge in [-0.2, -0.15) is 0 Å². The van der Waals surface area contributed by atoms with Gasteiger partial charge in [0.25, 0.3) is 0 Å². The molecule has 0 aromatic carbocycles. The Hall–Kier alpha value is -0.570. The van der Waals surface area contributed by atoms with Crippen LogP contribution in [0, 0.1) is 5.41 Å². The predicted molar refractivity (Wildman–Crippen MR) is 56.3 cm³/mol. The number of nitrogens with zero attached hydrogens (tertiary/aromatic N) is 3. The quantitative estimate of drug-likeness (QED) is 0.718. The molecule has 14 heavy (non-hydrogen) atoms. The van der Waals surface area contributed by atoms with Crippen LogP contribution in [0.5, 0.6) is 0 Å². The van der Waals surface area contributed by atoms with Crippen LogP contribution in [-0.2, 0) is 0 Å². The van der Waals surface area contributed by atoms with Crippen LogP contribution < -0.4 is 0 Å². The van der Waals surface area contributed by atoms with E-state index in [-0.39, 0.29) is 0 Å². The van der Waals surface area contributed by atoms with Gasteiger partial charge in [-0.3, -0.25) is 0 Å². The minimum atomic E-state index is 0.427. The zero-order chi connectivity index (χ0) is 10.2. The van der Waals surface area contributed by atoms with Gasteiger partial charge in [-0.15, -0.1) is 10.2 Å². The lowest BCUT2D eigenvalue weighted by molar-refractivity contribution is 0.183. The Kier molecular flexibility index (Phi) is 2.52. The van der Waals surface area contributed by atoms with E-state index >= 15 is 0 Å². The van der Waals surface area contributed by atoms with Crippen molar-refractivity contribution >= 4 is 11.6 Å². The molecule has 1 aliphatic rings. The average Bonchev–Trinajstić information content (AvgIpc) is 2.49. The van der Waals surface area contributed by atoms with Gasteiger partial charge in [-0.25, -0.2) is 0 Å². The first-order chi connectivity index (χ1) is 6.58. The third-order valence-electron chi connectivity index (χ3n) is 3.10. The third-order valence-corrected chi connectivity index (χ3v) is 3.37. The van der Waals surface area contributed by atoms with Gasteiger partial charge in [0, 0.05) is 6.04 Å². The first-order valence-electron chi connectivity index (χ1n) is 5.13. The summed E-state index contributed by atoms with van der Waals surface area (Å²) in [5, 5.41) is 8.16. The van der Waals surface area contributed by atoms with Crippen LogP contribution >= 0.6 is 11.6 Å². The maximum absolute atomic E-state index is 5.96. The normalized spacial score (nSPS) is 26.4. The lowest BCUT2D eigenvalue weighted by atomic mass is 9.75. The molecule has 4 heteroatoms. The molecular formula is C10H16ClN3. The Balaban J connectivity index is 2.16. The Bertz CT molecular complexity index is 319. The minimum absolute atomic E-state index is 0.427. The minimum Gasteiger partial charge on any atom is -0.301 e. The summed E-state index contributed by atoms with van der Waals surface area (Å²) in [4.78, 5) is 0. The molecule has 0 amide bonds. The SMILES string of the molecule is CC1(C)CCCC(n2cnnc2Cl)C1. The van der Waals surface area contributed by atoms with E-state index < -0.39 is 0 Å². The highest BCUT2D eigenvalue weighted by atomic mass is 35.5. The van der Waals surface area contributed by atoms with Crippen LogP contribution in [0.1, 0.15) is 45.6 Å². The maximum Gasteiger partial charge on any atom is 0.225 e. The van der Waals surface area contributed by atoms with E-state index in [0.29, 0.717) is 16.7 Å². The highest BCUT2D eigenvalue weighted by Gasteiger charge is 2.29. The van der Waals surface area contributed by atoms with Crippen molar-refractivity contribution < 1.29 is 0 Å². The molecule has 0 spiro atoms. The molecule has 0 bridgehead atoms. The molecule has 1 aliphatic carbocycles. The number of hydrogen-bond acceptors (Lipinski definition) is 2. The monoisotopic (exact) mass is 213 g/mol. The van der Waals surface area contributed by atoms with Gasteiger partial charge in [0.15, 0.2) is 0 Å². The van der Waals surface area contributed by atoms with Gasteiger partial charge in [-0.05, 0) is 36.3 Å². The number of aromatic nitrogens is 3. The Morgan fingerprint density at radius 3 is 2.93 bits per heavy atom. The van der Waals surface area contributed by atoms with E-state index in [9.17, 15) is 0 Å². The fourth-order valence-electron chi connectivity index (χ4n) is 2.37. The molecule has 1 heterocycles. The van der Waals surface area contributed by atoms with Crippen LogP contribution in [0.25, 0.3) is 0 Å². The smallest absolute Gasteiger partial charge is 0.225 e. The van der Waals surface area contributed by atoms with E-state index in [1.165, 1.54) is 25.7 Å². The lowest BCUT2D eigenvalue weighted by Crippen LogP contribution is -2.24. The molecule has 1 aromatic rings. The summed E-state index contributed by atoms with van der Waals surface area (Å²) in [5.41, 5.74) is 0.427. The molecule has 0 radical (unpaired) electrons. The second-order valence-electron chi connectivity index (χ2n) is 4.92. The highest BCUT2D eigenvalue weighted by Crippen LogP contribution is 2.41. The van der Waals surface area contributed by atoms with Crippen molar-refractivity contribution in [1.29, 1.82) is 0 Å².